The van der Waals surface area contributed by atoms with Gasteiger partial charge in [0.2, 0.25) is 0 Å². The Kier molecular flexibility index (Phi) is 2.50. The molecule has 0 fully saturated rings. The fraction of sp³-hybridized carbons (Fsp3) is 0.200. The Morgan fingerprint density at radius 3 is 2.57 bits per heavy atom. The standard InChI is InChI=1S/C10H9ClN2O/c1-7(11)9-12-10(14-13-9)8-5-3-2-4-6-8/h2-7H,1H3/t7-/m1/s1. The molecule has 0 spiro atoms. The second-order valence-electron chi connectivity index (χ2n) is 2.94. The molecule has 0 amide bonds. The SMILES string of the molecule is C[C@@H](Cl)c1noc(-c2ccccc2)n1. The number of halogens is 1. The van der Waals surface area contributed by atoms with Crippen molar-refractivity contribution < 1.29 is 4.52 Å². The van der Waals surface area contributed by atoms with Crippen LogP contribution in [0.4, 0.5) is 0 Å². The largest absolute Gasteiger partial charge is 0.334 e. The van der Waals surface area contributed by atoms with Gasteiger partial charge in [0.05, 0.1) is 5.38 Å². The molecule has 1 aromatic carbocycles. The summed E-state index contributed by atoms with van der Waals surface area (Å²) in [4.78, 5) is 4.17. The van der Waals surface area contributed by atoms with Gasteiger partial charge in [0.25, 0.3) is 5.89 Å². The van der Waals surface area contributed by atoms with Crippen molar-refractivity contribution in [2.24, 2.45) is 0 Å². The summed E-state index contributed by atoms with van der Waals surface area (Å²) in [6.07, 6.45) is 0. The van der Waals surface area contributed by atoms with Gasteiger partial charge in [0.1, 0.15) is 0 Å². The fourth-order valence-corrected chi connectivity index (χ4v) is 1.18. The van der Waals surface area contributed by atoms with Crippen LogP contribution in [0.25, 0.3) is 11.5 Å². The zero-order valence-electron chi connectivity index (χ0n) is 7.64. The average molecular weight is 209 g/mol. The first-order valence-corrected chi connectivity index (χ1v) is 4.74. The minimum Gasteiger partial charge on any atom is -0.334 e. The smallest absolute Gasteiger partial charge is 0.257 e. The van der Waals surface area contributed by atoms with Crippen LogP contribution in [-0.2, 0) is 0 Å². The van der Waals surface area contributed by atoms with E-state index in [1.807, 2.05) is 30.3 Å². The zero-order valence-corrected chi connectivity index (χ0v) is 8.40. The van der Waals surface area contributed by atoms with Gasteiger partial charge in [-0.1, -0.05) is 23.4 Å². The highest BCUT2D eigenvalue weighted by Crippen LogP contribution is 2.21. The average Bonchev–Trinajstić information content (AvgIpc) is 2.68. The molecule has 0 N–H and O–H groups in total. The van der Waals surface area contributed by atoms with Crippen LogP contribution in [0, 0.1) is 0 Å². The minimum absolute atomic E-state index is 0.226. The Labute approximate surface area is 86.7 Å². The van der Waals surface area contributed by atoms with Crippen LogP contribution in [0.2, 0.25) is 0 Å². The summed E-state index contributed by atoms with van der Waals surface area (Å²) in [5, 5.41) is 3.55. The van der Waals surface area contributed by atoms with Gasteiger partial charge in [-0.15, -0.1) is 11.6 Å². The third kappa shape index (κ3) is 1.77. The van der Waals surface area contributed by atoms with Crippen molar-refractivity contribution >= 4 is 11.6 Å². The lowest BCUT2D eigenvalue weighted by Gasteiger charge is -1.91. The Morgan fingerprint density at radius 2 is 2.00 bits per heavy atom. The van der Waals surface area contributed by atoms with Crippen LogP contribution in [0.1, 0.15) is 18.1 Å². The third-order valence-corrected chi connectivity index (χ3v) is 2.01. The normalized spacial score (nSPS) is 12.7. The summed E-state index contributed by atoms with van der Waals surface area (Å²) in [7, 11) is 0. The Balaban J connectivity index is 2.34. The molecule has 0 radical (unpaired) electrons. The molecule has 72 valence electrons. The molecule has 0 bridgehead atoms. The van der Waals surface area contributed by atoms with Crippen molar-refractivity contribution in [2.75, 3.05) is 0 Å². The highest BCUT2D eigenvalue weighted by molar-refractivity contribution is 6.20. The van der Waals surface area contributed by atoms with Gasteiger partial charge >= 0.3 is 0 Å². The van der Waals surface area contributed by atoms with E-state index >= 15 is 0 Å². The molecule has 0 saturated carbocycles. The maximum absolute atomic E-state index is 5.82. The van der Waals surface area contributed by atoms with Gasteiger partial charge in [-0.05, 0) is 19.1 Å². The van der Waals surface area contributed by atoms with Gasteiger partial charge in [-0.3, -0.25) is 0 Å². The Morgan fingerprint density at radius 1 is 1.29 bits per heavy atom. The summed E-state index contributed by atoms with van der Waals surface area (Å²) in [5.41, 5.74) is 0.906. The number of hydrogen-bond donors (Lipinski definition) is 0. The lowest BCUT2D eigenvalue weighted by atomic mass is 10.2. The molecule has 1 atom stereocenters. The van der Waals surface area contributed by atoms with Crippen molar-refractivity contribution in [3.63, 3.8) is 0 Å². The number of hydrogen-bond acceptors (Lipinski definition) is 3. The first-order valence-electron chi connectivity index (χ1n) is 4.30. The second-order valence-corrected chi connectivity index (χ2v) is 3.59. The van der Waals surface area contributed by atoms with Crippen LogP contribution in [0.5, 0.6) is 0 Å². The summed E-state index contributed by atoms with van der Waals surface area (Å²) < 4.78 is 5.07. The van der Waals surface area contributed by atoms with Crippen LogP contribution in [-0.4, -0.2) is 10.1 Å². The summed E-state index contributed by atoms with van der Waals surface area (Å²) in [6.45, 7) is 1.81. The maximum atomic E-state index is 5.82. The molecular formula is C10H9ClN2O. The number of benzene rings is 1. The second kappa shape index (κ2) is 3.80. The molecule has 14 heavy (non-hydrogen) atoms. The van der Waals surface area contributed by atoms with Crippen LogP contribution >= 0.6 is 11.6 Å². The molecule has 0 unspecified atom stereocenters. The Hall–Kier alpha value is -1.35. The van der Waals surface area contributed by atoms with E-state index in [0.717, 1.165) is 5.56 Å². The molecule has 2 rings (SSSR count). The van der Waals surface area contributed by atoms with Gasteiger partial charge in [-0.25, -0.2) is 0 Å². The van der Waals surface area contributed by atoms with Crippen molar-refractivity contribution in [3.8, 4) is 11.5 Å². The van der Waals surface area contributed by atoms with Crippen LogP contribution < -0.4 is 0 Å². The minimum atomic E-state index is -0.226. The first-order chi connectivity index (χ1) is 6.77. The molecule has 0 aliphatic heterocycles. The lowest BCUT2D eigenvalue weighted by Crippen LogP contribution is -1.86. The van der Waals surface area contributed by atoms with E-state index in [1.54, 1.807) is 6.92 Å². The highest BCUT2D eigenvalue weighted by Gasteiger charge is 2.11. The van der Waals surface area contributed by atoms with Gasteiger partial charge in [0, 0.05) is 5.56 Å². The fourth-order valence-electron chi connectivity index (χ4n) is 1.09. The zero-order chi connectivity index (χ0) is 9.97. The molecule has 0 saturated heterocycles. The van der Waals surface area contributed by atoms with Crippen molar-refractivity contribution in [2.45, 2.75) is 12.3 Å². The van der Waals surface area contributed by atoms with E-state index in [1.165, 1.54) is 0 Å². The molecular weight excluding hydrogens is 200 g/mol. The van der Waals surface area contributed by atoms with Gasteiger partial charge < -0.3 is 4.52 Å². The molecule has 1 aromatic heterocycles. The van der Waals surface area contributed by atoms with E-state index in [-0.39, 0.29) is 5.38 Å². The van der Waals surface area contributed by atoms with E-state index in [0.29, 0.717) is 11.7 Å². The number of alkyl halides is 1. The van der Waals surface area contributed by atoms with E-state index < -0.39 is 0 Å². The van der Waals surface area contributed by atoms with Gasteiger partial charge in [0.15, 0.2) is 5.82 Å². The topological polar surface area (TPSA) is 38.9 Å². The Bertz CT molecular complexity index is 411. The molecule has 0 aliphatic rings. The summed E-state index contributed by atoms with van der Waals surface area (Å²) >= 11 is 5.82. The third-order valence-electron chi connectivity index (χ3n) is 1.82. The number of aromatic nitrogens is 2. The summed E-state index contributed by atoms with van der Waals surface area (Å²) in [5.74, 6) is 1.03. The van der Waals surface area contributed by atoms with Crippen molar-refractivity contribution in [3.05, 3.63) is 36.2 Å². The number of rotatable bonds is 2. The van der Waals surface area contributed by atoms with Crippen molar-refractivity contribution in [1.29, 1.82) is 0 Å². The molecule has 4 heteroatoms. The van der Waals surface area contributed by atoms with E-state index in [2.05, 4.69) is 10.1 Å². The quantitative estimate of drug-likeness (QED) is 0.712. The van der Waals surface area contributed by atoms with E-state index in [4.69, 9.17) is 16.1 Å². The van der Waals surface area contributed by atoms with Gasteiger partial charge in [-0.2, -0.15) is 4.98 Å². The summed E-state index contributed by atoms with van der Waals surface area (Å²) in [6, 6.07) is 9.60. The highest BCUT2D eigenvalue weighted by atomic mass is 35.5. The number of nitrogens with zero attached hydrogens (tertiary/aromatic N) is 2. The molecule has 0 aliphatic carbocycles. The first kappa shape index (κ1) is 9.21. The van der Waals surface area contributed by atoms with E-state index in [9.17, 15) is 0 Å². The molecule has 2 aromatic rings. The lowest BCUT2D eigenvalue weighted by molar-refractivity contribution is 0.422. The predicted octanol–water partition coefficient (Wildman–Crippen LogP) is 3.04. The monoisotopic (exact) mass is 208 g/mol. The van der Waals surface area contributed by atoms with Crippen LogP contribution in [0.15, 0.2) is 34.9 Å². The maximum Gasteiger partial charge on any atom is 0.257 e. The molecule has 1 heterocycles. The molecule has 3 nitrogen and oxygen atoms in total. The van der Waals surface area contributed by atoms with Crippen LogP contribution in [0.3, 0.4) is 0 Å². The van der Waals surface area contributed by atoms with Crippen molar-refractivity contribution in [1.82, 2.24) is 10.1 Å². The predicted molar refractivity (Wildman–Crippen MR) is 54.0 cm³/mol.